The van der Waals surface area contributed by atoms with Crippen LogP contribution in [0.4, 0.5) is 4.39 Å². The van der Waals surface area contributed by atoms with Crippen LogP contribution in [0.2, 0.25) is 0 Å². The van der Waals surface area contributed by atoms with Crippen molar-refractivity contribution in [1.82, 2.24) is 5.32 Å². The molecular weight excluding hydrogens is 253 g/mol. The van der Waals surface area contributed by atoms with Crippen LogP contribution in [0.5, 0.6) is 5.75 Å². The molecule has 0 spiro atoms. The van der Waals surface area contributed by atoms with Crippen LogP contribution >= 0.6 is 0 Å². The van der Waals surface area contributed by atoms with Crippen molar-refractivity contribution in [1.29, 1.82) is 0 Å². The third kappa shape index (κ3) is 3.36. The summed E-state index contributed by atoms with van der Waals surface area (Å²) in [5, 5.41) is 3.47. The minimum Gasteiger partial charge on any atom is -0.496 e. The van der Waals surface area contributed by atoms with E-state index in [1.807, 2.05) is 37.3 Å². The number of rotatable bonds is 5. The van der Waals surface area contributed by atoms with Crippen LogP contribution < -0.4 is 10.1 Å². The molecule has 2 rings (SSSR count). The summed E-state index contributed by atoms with van der Waals surface area (Å²) in [6.07, 6.45) is 0. The van der Waals surface area contributed by atoms with Gasteiger partial charge < -0.3 is 10.1 Å². The summed E-state index contributed by atoms with van der Waals surface area (Å²) in [5.74, 6) is 0.653. The Hall–Kier alpha value is -1.87. The maximum absolute atomic E-state index is 13.3. The van der Waals surface area contributed by atoms with Gasteiger partial charge in [0, 0.05) is 17.6 Å². The number of hydrogen-bond acceptors (Lipinski definition) is 2. The van der Waals surface area contributed by atoms with Crippen LogP contribution in [-0.2, 0) is 0 Å². The van der Waals surface area contributed by atoms with E-state index in [0.29, 0.717) is 0 Å². The molecule has 1 N–H and O–H groups in total. The largest absolute Gasteiger partial charge is 0.496 e. The van der Waals surface area contributed by atoms with Crippen LogP contribution in [0.1, 0.15) is 37.1 Å². The first kappa shape index (κ1) is 14.5. The van der Waals surface area contributed by atoms with Gasteiger partial charge in [0.05, 0.1) is 7.11 Å². The van der Waals surface area contributed by atoms with Crippen molar-refractivity contribution >= 4 is 0 Å². The SMILES string of the molecule is COc1ccccc1[C@@H](C)NC(C)c1cccc(F)c1. The van der Waals surface area contributed by atoms with Crippen molar-refractivity contribution in [3.63, 3.8) is 0 Å². The molecule has 2 aromatic rings. The van der Waals surface area contributed by atoms with Crippen LogP contribution in [-0.4, -0.2) is 7.11 Å². The van der Waals surface area contributed by atoms with E-state index in [-0.39, 0.29) is 17.9 Å². The minimum atomic E-state index is -0.207. The summed E-state index contributed by atoms with van der Waals surface area (Å²) in [7, 11) is 1.67. The van der Waals surface area contributed by atoms with Gasteiger partial charge >= 0.3 is 0 Å². The van der Waals surface area contributed by atoms with Gasteiger partial charge in [-0.3, -0.25) is 0 Å². The molecular formula is C17H20FNO. The average Bonchev–Trinajstić information content (AvgIpc) is 2.47. The molecule has 2 nitrogen and oxygen atoms in total. The van der Waals surface area contributed by atoms with Crippen LogP contribution in [0.3, 0.4) is 0 Å². The Morgan fingerprint density at radius 1 is 1.00 bits per heavy atom. The Bertz CT molecular complexity index is 570. The molecule has 0 aliphatic heterocycles. The molecule has 20 heavy (non-hydrogen) atoms. The highest BCUT2D eigenvalue weighted by atomic mass is 19.1. The number of benzene rings is 2. The van der Waals surface area contributed by atoms with Crippen molar-refractivity contribution in [3.8, 4) is 5.75 Å². The second kappa shape index (κ2) is 6.53. The standard InChI is InChI=1S/C17H20FNO/c1-12(14-7-6-8-15(18)11-14)19-13(2)16-9-4-5-10-17(16)20-3/h4-13,19H,1-3H3/t12?,13-/m1/s1. The Morgan fingerprint density at radius 2 is 1.75 bits per heavy atom. The smallest absolute Gasteiger partial charge is 0.123 e. The Kier molecular flexibility index (Phi) is 4.74. The Morgan fingerprint density at radius 3 is 2.45 bits per heavy atom. The maximum atomic E-state index is 13.3. The van der Waals surface area contributed by atoms with E-state index in [1.54, 1.807) is 19.2 Å². The zero-order valence-corrected chi connectivity index (χ0v) is 12.1. The van der Waals surface area contributed by atoms with E-state index in [1.165, 1.54) is 6.07 Å². The van der Waals surface area contributed by atoms with Gasteiger partial charge in [-0.2, -0.15) is 0 Å². The Labute approximate surface area is 119 Å². The molecule has 3 heteroatoms. The summed E-state index contributed by atoms with van der Waals surface area (Å²) in [6.45, 7) is 4.11. The minimum absolute atomic E-state index is 0.0608. The van der Waals surface area contributed by atoms with Gasteiger partial charge in [-0.1, -0.05) is 30.3 Å². The van der Waals surface area contributed by atoms with Gasteiger partial charge in [0.25, 0.3) is 0 Å². The predicted molar refractivity (Wildman–Crippen MR) is 79.4 cm³/mol. The second-order valence-corrected chi connectivity index (χ2v) is 4.91. The first-order valence-electron chi connectivity index (χ1n) is 6.76. The van der Waals surface area contributed by atoms with Gasteiger partial charge in [-0.05, 0) is 37.6 Å². The molecule has 0 saturated heterocycles. The highest BCUT2D eigenvalue weighted by Crippen LogP contribution is 2.26. The lowest BCUT2D eigenvalue weighted by atomic mass is 10.0. The molecule has 0 bridgehead atoms. The molecule has 0 fully saturated rings. The summed E-state index contributed by atoms with van der Waals surface area (Å²) in [4.78, 5) is 0. The first-order valence-corrected chi connectivity index (χ1v) is 6.76. The third-order valence-electron chi connectivity index (χ3n) is 3.45. The molecule has 0 heterocycles. The van der Waals surface area contributed by atoms with Crippen molar-refractivity contribution in [2.24, 2.45) is 0 Å². The quantitative estimate of drug-likeness (QED) is 0.879. The summed E-state index contributed by atoms with van der Waals surface area (Å²) >= 11 is 0. The lowest BCUT2D eigenvalue weighted by molar-refractivity contribution is 0.396. The lowest BCUT2D eigenvalue weighted by Gasteiger charge is -2.22. The topological polar surface area (TPSA) is 21.3 Å². The van der Waals surface area contributed by atoms with E-state index in [9.17, 15) is 4.39 Å². The number of nitrogens with one attached hydrogen (secondary N) is 1. The lowest BCUT2D eigenvalue weighted by Crippen LogP contribution is -2.23. The molecule has 106 valence electrons. The molecule has 2 atom stereocenters. The monoisotopic (exact) mass is 273 g/mol. The van der Waals surface area contributed by atoms with Crippen molar-refractivity contribution in [2.75, 3.05) is 7.11 Å². The van der Waals surface area contributed by atoms with Crippen molar-refractivity contribution < 1.29 is 9.13 Å². The fourth-order valence-corrected chi connectivity index (χ4v) is 2.36. The maximum Gasteiger partial charge on any atom is 0.123 e. The number of halogens is 1. The normalized spacial score (nSPS) is 13.8. The van der Waals surface area contributed by atoms with E-state index < -0.39 is 0 Å². The van der Waals surface area contributed by atoms with Crippen LogP contribution in [0, 0.1) is 5.82 Å². The zero-order valence-electron chi connectivity index (χ0n) is 12.1. The zero-order chi connectivity index (χ0) is 14.5. The number of methoxy groups -OCH3 is 1. The van der Waals surface area contributed by atoms with Gasteiger partial charge in [0.2, 0.25) is 0 Å². The summed E-state index contributed by atoms with van der Waals surface area (Å²) in [6, 6.07) is 14.8. The fraction of sp³-hybridized carbons (Fsp3) is 0.294. The molecule has 2 aromatic carbocycles. The molecule has 0 aliphatic rings. The predicted octanol–water partition coefficient (Wildman–Crippen LogP) is 4.25. The van der Waals surface area contributed by atoms with E-state index in [0.717, 1.165) is 16.9 Å². The molecule has 0 saturated carbocycles. The van der Waals surface area contributed by atoms with Gasteiger partial charge in [-0.25, -0.2) is 4.39 Å². The highest BCUT2D eigenvalue weighted by Gasteiger charge is 2.14. The van der Waals surface area contributed by atoms with Crippen LogP contribution in [0.25, 0.3) is 0 Å². The van der Waals surface area contributed by atoms with E-state index in [2.05, 4.69) is 12.2 Å². The Balaban J connectivity index is 2.13. The molecule has 0 radical (unpaired) electrons. The second-order valence-electron chi connectivity index (χ2n) is 4.91. The number of hydrogen-bond donors (Lipinski definition) is 1. The molecule has 1 unspecified atom stereocenters. The van der Waals surface area contributed by atoms with E-state index in [4.69, 9.17) is 4.74 Å². The molecule has 0 aromatic heterocycles. The van der Waals surface area contributed by atoms with Gasteiger partial charge in [0.15, 0.2) is 0 Å². The third-order valence-corrected chi connectivity index (χ3v) is 3.45. The van der Waals surface area contributed by atoms with Crippen LogP contribution in [0.15, 0.2) is 48.5 Å². The first-order chi connectivity index (χ1) is 9.61. The van der Waals surface area contributed by atoms with E-state index >= 15 is 0 Å². The summed E-state index contributed by atoms with van der Waals surface area (Å²) in [5.41, 5.74) is 2.03. The van der Waals surface area contributed by atoms with Gasteiger partial charge in [-0.15, -0.1) is 0 Å². The van der Waals surface area contributed by atoms with Gasteiger partial charge in [0.1, 0.15) is 11.6 Å². The highest BCUT2D eigenvalue weighted by molar-refractivity contribution is 5.35. The van der Waals surface area contributed by atoms with Crippen molar-refractivity contribution in [3.05, 3.63) is 65.5 Å². The molecule has 0 amide bonds. The molecule has 0 aliphatic carbocycles. The number of para-hydroxylation sites is 1. The average molecular weight is 273 g/mol. The summed E-state index contributed by atoms with van der Waals surface area (Å²) < 4.78 is 18.6. The number of ether oxygens (including phenoxy) is 1. The van der Waals surface area contributed by atoms with Crippen molar-refractivity contribution in [2.45, 2.75) is 25.9 Å². The fourth-order valence-electron chi connectivity index (χ4n) is 2.36.